The summed E-state index contributed by atoms with van der Waals surface area (Å²) in [7, 11) is 0. The van der Waals surface area contributed by atoms with Gasteiger partial charge >= 0.3 is 5.69 Å². The lowest BCUT2D eigenvalue weighted by molar-refractivity contribution is -0.385. The van der Waals surface area contributed by atoms with Crippen molar-refractivity contribution in [3.8, 4) is 5.75 Å². The third kappa shape index (κ3) is 3.85. The Bertz CT molecular complexity index is 1260. The second-order valence-corrected chi connectivity index (χ2v) is 9.62. The largest absolute Gasteiger partial charge is 0.481 e. The number of amides is 2. The molecule has 2 bridgehead atoms. The van der Waals surface area contributed by atoms with E-state index in [1.54, 1.807) is 18.2 Å². The first-order valence-electron chi connectivity index (χ1n) is 10.4. The predicted octanol–water partition coefficient (Wildman–Crippen LogP) is 5.28. The molecule has 3 aliphatic rings. The Morgan fingerprint density at radius 1 is 1.06 bits per heavy atom. The molecule has 0 N–H and O–H groups in total. The molecule has 2 amide bonds. The van der Waals surface area contributed by atoms with Gasteiger partial charge in [-0.15, -0.1) is 0 Å². The average molecular weight is 521 g/mol. The predicted molar refractivity (Wildman–Crippen MR) is 126 cm³/mol. The number of hydrogen-bond donors (Lipinski definition) is 0. The molecule has 1 aliphatic heterocycles. The maximum Gasteiger partial charge on any atom is 0.313 e. The van der Waals surface area contributed by atoms with Gasteiger partial charge in [0.05, 0.1) is 33.0 Å². The molecule has 0 spiro atoms. The molecule has 2 aromatic carbocycles. The molecular formula is C23H16Cl3N3O5. The van der Waals surface area contributed by atoms with Crippen LogP contribution in [0.4, 0.5) is 5.69 Å². The number of nitro groups is 1. The third-order valence-electron chi connectivity index (χ3n) is 6.39. The molecule has 5 rings (SSSR count). The minimum Gasteiger partial charge on any atom is -0.481 e. The van der Waals surface area contributed by atoms with Crippen molar-refractivity contribution in [3.05, 3.63) is 78.8 Å². The number of hydrazone groups is 1. The number of nitro benzene ring substituents is 1. The zero-order valence-electron chi connectivity index (χ0n) is 17.4. The van der Waals surface area contributed by atoms with Gasteiger partial charge in [-0.25, -0.2) is 0 Å². The molecule has 1 saturated heterocycles. The monoisotopic (exact) mass is 519 g/mol. The van der Waals surface area contributed by atoms with Crippen molar-refractivity contribution in [2.24, 2.45) is 28.8 Å². The maximum atomic E-state index is 12.9. The average Bonchev–Trinajstić information content (AvgIpc) is 3.47. The Balaban J connectivity index is 1.44. The highest BCUT2D eigenvalue weighted by atomic mass is 35.5. The third-order valence-corrected chi connectivity index (χ3v) is 7.34. The van der Waals surface area contributed by atoms with Crippen LogP contribution < -0.4 is 4.74 Å². The summed E-state index contributed by atoms with van der Waals surface area (Å²) in [5, 5.41) is 17.4. The van der Waals surface area contributed by atoms with Crippen LogP contribution in [0.25, 0.3) is 0 Å². The zero-order valence-corrected chi connectivity index (χ0v) is 19.6. The summed E-state index contributed by atoms with van der Waals surface area (Å²) in [6.45, 7) is -0.0546. The van der Waals surface area contributed by atoms with Gasteiger partial charge in [0.15, 0.2) is 0 Å². The van der Waals surface area contributed by atoms with E-state index in [2.05, 4.69) is 5.10 Å². The Morgan fingerprint density at radius 2 is 1.74 bits per heavy atom. The van der Waals surface area contributed by atoms with Gasteiger partial charge < -0.3 is 4.74 Å². The van der Waals surface area contributed by atoms with Gasteiger partial charge in [0.1, 0.15) is 6.61 Å². The molecule has 1 saturated carbocycles. The molecule has 0 aromatic heterocycles. The number of carbonyl (C=O) groups excluding carboxylic acids is 2. The molecule has 2 fully saturated rings. The first-order chi connectivity index (χ1) is 16.2. The van der Waals surface area contributed by atoms with E-state index in [0.29, 0.717) is 15.6 Å². The molecule has 34 heavy (non-hydrogen) atoms. The smallest absolute Gasteiger partial charge is 0.313 e. The van der Waals surface area contributed by atoms with Crippen LogP contribution >= 0.6 is 34.8 Å². The van der Waals surface area contributed by atoms with Gasteiger partial charge in [0.2, 0.25) is 5.75 Å². The number of benzene rings is 2. The van der Waals surface area contributed by atoms with Crippen molar-refractivity contribution in [1.82, 2.24) is 5.01 Å². The van der Waals surface area contributed by atoms with Crippen molar-refractivity contribution in [2.75, 3.05) is 0 Å². The summed E-state index contributed by atoms with van der Waals surface area (Å²) in [5.41, 5.74) is 0.396. The Labute approximate surface area is 208 Å². The fraction of sp³-hybridized carbons (Fsp3) is 0.261. The topological polar surface area (TPSA) is 102 Å². The number of rotatable bonds is 6. The SMILES string of the molecule is O=C1[C@@H]2[C@H](C(=O)N1N=Cc1cc(Cl)cc([N+](=O)[O-])c1OCc1ccc(Cl)c(Cl)c1)[C@H]1C=C[C@H]2C1. The highest BCUT2D eigenvalue weighted by molar-refractivity contribution is 6.42. The van der Waals surface area contributed by atoms with Crippen LogP contribution in [0.3, 0.4) is 0 Å². The highest BCUT2D eigenvalue weighted by Crippen LogP contribution is 2.52. The molecule has 11 heteroatoms. The van der Waals surface area contributed by atoms with Gasteiger partial charge in [-0.3, -0.25) is 19.7 Å². The van der Waals surface area contributed by atoms with Gasteiger partial charge in [0, 0.05) is 16.7 Å². The number of allylic oxidation sites excluding steroid dienone is 2. The van der Waals surface area contributed by atoms with E-state index in [1.807, 2.05) is 12.2 Å². The summed E-state index contributed by atoms with van der Waals surface area (Å²) in [5.74, 6) is -1.55. The molecule has 174 valence electrons. The Hall–Kier alpha value is -2.94. The molecule has 0 unspecified atom stereocenters. The molecule has 4 atom stereocenters. The lowest BCUT2D eigenvalue weighted by atomic mass is 9.85. The van der Waals surface area contributed by atoms with Crippen LogP contribution in [0.5, 0.6) is 5.75 Å². The molecule has 2 aromatic rings. The summed E-state index contributed by atoms with van der Waals surface area (Å²) in [6.07, 6.45) is 5.96. The number of hydrogen-bond acceptors (Lipinski definition) is 6. The van der Waals surface area contributed by atoms with E-state index in [9.17, 15) is 19.7 Å². The minimum absolute atomic E-state index is 0.0454. The number of fused-ring (bicyclic) bond motifs is 5. The minimum atomic E-state index is -0.632. The summed E-state index contributed by atoms with van der Waals surface area (Å²) in [4.78, 5) is 36.8. The fourth-order valence-electron chi connectivity index (χ4n) is 4.89. The summed E-state index contributed by atoms with van der Waals surface area (Å²) in [6, 6.07) is 7.42. The van der Waals surface area contributed by atoms with Gasteiger partial charge in [-0.2, -0.15) is 10.1 Å². The van der Waals surface area contributed by atoms with Gasteiger partial charge in [-0.05, 0) is 42.0 Å². The van der Waals surface area contributed by atoms with Crippen molar-refractivity contribution in [2.45, 2.75) is 13.0 Å². The van der Waals surface area contributed by atoms with Crippen molar-refractivity contribution in [1.29, 1.82) is 0 Å². The second-order valence-electron chi connectivity index (χ2n) is 8.37. The van der Waals surface area contributed by atoms with Crippen LogP contribution in [-0.2, 0) is 16.2 Å². The number of halogens is 3. The Morgan fingerprint density at radius 3 is 2.35 bits per heavy atom. The van der Waals surface area contributed by atoms with Gasteiger partial charge in [0.25, 0.3) is 11.8 Å². The van der Waals surface area contributed by atoms with E-state index in [1.165, 1.54) is 12.3 Å². The number of ether oxygens (including phenoxy) is 1. The number of nitrogens with zero attached hydrogens (tertiary/aromatic N) is 3. The normalized spacial score (nSPS) is 25.0. The molecular weight excluding hydrogens is 505 g/mol. The first kappa shape index (κ1) is 22.8. The van der Waals surface area contributed by atoms with Crippen molar-refractivity contribution < 1.29 is 19.2 Å². The van der Waals surface area contributed by atoms with Crippen LogP contribution in [0.1, 0.15) is 17.5 Å². The van der Waals surface area contributed by atoms with E-state index in [0.717, 1.165) is 17.5 Å². The zero-order chi connectivity index (χ0) is 24.1. The highest BCUT2D eigenvalue weighted by Gasteiger charge is 2.59. The van der Waals surface area contributed by atoms with Crippen LogP contribution in [0.2, 0.25) is 15.1 Å². The van der Waals surface area contributed by atoms with E-state index in [4.69, 9.17) is 39.5 Å². The molecule has 0 radical (unpaired) electrons. The lowest BCUT2D eigenvalue weighted by Crippen LogP contribution is -2.28. The van der Waals surface area contributed by atoms with Crippen LogP contribution in [-0.4, -0.2) is 28.0 Å². The number of carbonyl (C=O) groups is 2. The summed E-state index contributed by atoms with van der Waals surface area (Å²) >= 11 is 18.1. The molecule has 1 heterocycles. The quantitative estimate of drug-likeness (QED) is 0.170. The number of imide groups is 1. The lowest BCUT2D eigenvalue weighted by Gasteiger charge is -2.13. The van der Waals surface area contributed by atoms with Crippen LogP contribution in [0.15, 0.2) is 47.6 Å². The van der Waals surface area contributed by atoms with E-state index in [-0.39, 0.29) is 52.3 Å². The van der Waals surface area contributed by atoms with Crippen molar-refractivity contribution >= 4 is 58.5 Å². The van der Waals surface area contributed by atoms with E-state index >= 15 is 0 Å². The first-order valence-corrected chi connectivity index (χ1v) is 11.5. The maximum absolute atomic E-state index is 12.9. The van der Waals surface area contributed by atoms with Crippen molar-refractivity contribution in [3.63, 3.8) is 0 Å². The fourth-order valence-corrected chi connectivity index (χ4v) is 5.44. The van der Waals surface area contributed by atoms with Gasteiger partial charge in [-0.1, -0.05) is 53.0 Å². The molecule has 8 nitrogen and oxygen atoms in total. The second kappa shape index (κ2) is 8.69. The van der Waals surface area contributed by atoms with Crippen LogP contribution in [0, 0.1) is 33.8 Å². The summed E-state index contributed by atoms with van der Waals surface area (Å²) < 4.78 is 5.76. The van der Waals surface area contributed by atoms with E-state index < -0.39 is 16.8 Å². The molecule has 2 aliphatic carbocycles. The standard InChI is InChI=1S/C23H16Cl3N3O5/c24-15-7-14(9-27-28-22(30)19-12-2-3-13(6-12)20(19)23(28)31)21(18(8-15)29(32)33)34-10-11-1-4-16(25)17(26)5-11/h1-5,7-9,12-13,19-20H,6,10H2/t12-,13-,19-,20+/m0/s1. The Kier molecular flexibility index (Phi) is 5.83.